The van der Waals surface area contributed by atoms with Crippen LogP contribution in [0.4, 0.5) is 0 Å². The number of hydroxylamine groups is 1. The lowest BCUT2D eigenvalue weighted by molar-refractivity contribution is -0.150. The van der Waals surface area contributed by atoms with Gasteiger partial charge in [-0.3, -0.25) is 4.79 Å². The van der Waals surface area contributed by atoms with Crippen LogP contribution in [0.15, 0.2) is 60.7 Å². The normalized spacial score (nSPS) is 11.5. The molecule has 0 fully saturated rings. The van der Waals surface area contributed by atoms with Crippen LogP contribution >= 0.6 is 0 Å². The van der Waals surface area contributed by atoms with Gasteiger partial charge in [-0.2, -0.15) is 5.48 Å². The van der Waals surface area contributed by atoms with Crippen LogP contribution in [0.5, 0.6) is 0 Å². The van der Waals surface area contributed by atoms with Crippen molar-refractivity contribution in [2.45, 2.75) is 12.5 Å². The maximum Gasteiger partial charge on any atom is 0.349 e. The van der Waals surface area contributed by atoms with Crippen molar-refractivity contribution in [3.8, 4) is 0 Å². The zero-order valence-corrected chi connectivity index (χ0v) is 11.4. The molecule has 5 nitrogen and oxygen atoms in total. The molecule has 0 aliphatic rings. The second-order valence-corrected chi connectivity index (χ2v) is 4.51. The highest BCUT2D eigenvalue weighted by molar-refractivity contribution is 5.94. The molecule has 0 saturated carbocycles. The molecule has 3 N–H and O–H groups in total. The lowest BCUT2D eigenvalue weighted by Crippen LogP contribution is -2.39. The summed E-state index contributed by atoms with van der Waals surface area (Å²) < 4.78 is 0. The van der Waals surface area contributed by atoms with Gasteiger partial charge in [0.1, 0.15) is 6.04 Å². The average molecular weight is 284 g/mol. The molecule has 0 saturated heterocycles. The minimum Gasteiger partial charge on any atom is -0.339 e. The summed E-state index contributed by atoms with van der Waals surface area (Å²) in [5.41, 5.74) is 9.18. The van der Waals surface area contributed by atoms with Gasteiger partial charge in [0.15, 0.2) is 0 Å². The van der Waals surface area contributed by atoms with Crippen molar-refractivity contribution >= 4 is 11.9 Å². The summed E-state index contributed by atoms with van der Waals surface area (Å²) in [6.45, 7) is 0. The smallest absolute Gasteiger partial charge is 0.339 e. The third-order valence-electron chi connectivity index (χ3n) is 2.88. The topological polar surface area (TPSA) is 81.4 Å². The SMILES string of the molecule is NC(Cc1ccccc1)C(=O)ONC(=O)c1ccccc1. The van der Waals surface area contributed by atoms with Crippen molar-refractivity contribution < 1.29 is 14.4 Å². The first-order valence-electron chi connectivity index (χ1n) is 6.52. The summed E-state index contributed by atoms with van der Waals surface area (Å²) in [5, 5.41) is 0. The number of carbonyl (C=O) groups excluding carboxylic acids is 2. The molecular formula is C16H16N2O3. The second kappa shape index (κ2) is 7.21. The largest absolute Gasteiger partial charge is 0.349 e. The van der Waals surface area contributed by atoms with E-state index >= 15 is 0 Å². The van der Waals surface area contributed by atoms with Crippen molar-refractivity contribution in [3.05, 3.63) is 71.8 Å². The van der Waals surface area contributed by atoms with E-state index < -0.39 is 17.9 Å². The van der Waals surface area contributed by atoms with Gasteiger partial charge >= 0.3 is 5.97 Å². The van der Waals surface area contributed by atoms with Crippen LogP contribution in [0.25, 0.3) is 0 Å². The molecule has 0 bridgehead atoms. The van der Waals surface area contributed by atoms with E-state index in [1.807, 2.05) is 30.3 Å². The van der Waals surface area contributed by atoms with E-state index in [9.17, 15) is 9.59 Å². The molecule has 0 aliphatic heterocycles. The molecule has 0 aromatic heterocycles. The third-order valence-corrected chi connectivity index (χ3v) is 2.88. The zero-order valence-electron chi connectivity index (χ0n) is 11.4. The van der Waals surface area contributed by atoms with E-state index in [0.717, 1.165) is 5.56 Å². The molecule has 0 aliphatic carbocycles. The lowest BCUT2D eigenvalue weighted by Gasteiger charge is -2.11. The predicted molar refractivity (Wildman–Crippen MR) is 78.1 cm³/mol. The fourth-order valence-corrected chi connectivity index (χ4v) is 1.77. The van der Waals surface area contributed by atoms with Crippen LogP contribution in [0.1, 0.15) is 15.9 Å². The van der Waals surface area contributed by atoms with E-state index in [0.29, 0.717) is 12.0 Å². The molecule has 0 spiro atoms. The summed E-state index contributed by atoms with van der Waals surface area (Å²) in [4.78, 5) is 28.2. The Labute approximate surface area is 122 Å². The summed E-state index contributed by atoms with van der Waals surface area (Å²) >= 11 is 0. The quantitative estimate of drug-likeness (QED) is 0.832. The van der Waals surface area contributed by atoms with E-state index in [-0.39, 0.29) is 0 Å². The molecule has 1 amide bonds. The first-order chi connectivity index (χ1) is 10.2. The van der Waals surface area contributed by atoms with E-state index in [1.54, 1.807) is 30.3 Å². The maximum absolute atomic E-state index is 11.7. The van der Waals surface area contributed by atoms with Gasteiger partial charge in [0.25, 0.3) is 5.91 Å². The van der Waals surface area contributed by atoms with Crippen LogP contribution < -0.4 is 11.2 Å². The predicted octanol–water partition coefficient (Wildman–Crippen LogP) is 1.44. The minimum atomic E-state index is -0.830. The Kier molecular flexibility index (Phi) is 5.06. The van der Waals surface area contributed by atoms with Crippen molar-refractivity contribution in [2.24, 2.45) is 5.73 Å². The van der Waals surface area contributed by atoms with Gasteiger partial charge in [0.2, 0.25) is 0 Å². The Morgan fingerprint density at radius 1 is 1.00 bits per heavy atom. The van der Waals surface area contributed by atoms with Crippen LogP contribution in [0.2, 0.25) is 0 Å². The highest BCUT2D eigenvalue weighted by Crippen LogP contribution is 2.03. The summed E-state index contributed by atoms with van der Waals surface area (Å²) in [6.07, 6.45) is 0.348. The highest BCUT2D eigenvalue weighted by atomic mass is 16.7. The maximum atomic E-state index is 11.7. The molecule has 2 aromatic carbocycles. The number of nitrogens with one attached hydrogen (secondary N) is 1. The lowest BCUT2D eigenvalue weighted by atomic mass is 10.1. The van der Waals surface area contributed by atoms with Crippen LogP contribution in [0, 0.1) is 0 Å². The molecule has 0 radical (unpaired) electrons. The molecule has 108 valence electrons. The molecule has 21 heavy (non-hydrogen) atoms. The summed E-state index contributed by atoms with van der Waals surface area (Å²) in [7, 11) is 0. The Bertz CT molecular complexity index is 599. The molecule has 0 heterocycles. The fraction of sp³-hybridized carbons (Fsp3) is 0.125. The number of rotatable bonds is 4. The number of nitrogens with two attached hydrogens (primary N) is 1. The van der Waals surface area contributed by atoms with Crippen molar-refractivity contribution in [2.75, 3.05) is 0 Å². The second-order valence-electron chi connectivity index (χ2n) is 4.51. The highest BCUT2D eigenvalue weighted by Gasteiger charge is 2.17. The molecular weight excluding hydrogens is 268 g/mol. The van der Waals surface area contributed by atoms with Crippen molar-refractivity contribution in [1.82, 2.24) is 5.48 Å². The molecule has 2 rings (SSSR count). The van der Waals surface area contributed by atoms with Gasteiger partial charge in [0.05, 0.1) is 0 Å². The van der Waals surface area contributed by atoms with Gasteiger partial charge in [-0.05, 0) is 24.1 Å². The minimum absolute atomic E-state index is 0.348. The number of hydrogen-bond donors (Lipinski definition) is 2. The van der Waals surface area contributed by atoms with Gasteiger partial charge in [-0.25, -0.2) is 4.79 Å². The molecule has 1 unspecified atom stereocenters. The van der Waals surface area contributed by atoms with Gasteiger partial charge in [-0.15, -0.1) is 0 Å². The molecule has 5 heteroatoms. The van der Waals surface area contributed by atoms with Gasteiger partial charge in [0, 0.05) is 5.56 Å². The summed E-state index contributed by atoms with van der Waals surface area (Å²) in [5.74, 6) is -1.17. The monoisotopic (exact) mass is 284 g/mol. The number of amides is 1. The van der Waals surface area contributed by atoms with Crippen LogP contribution in [-0.4, -0.2) is 17.9 Å². The molecule has 1 atom stereocenters. The van der Waals surface area contributed by atoms with Crippen molar-refractivity contribution in [1.29, 1.82) is 0 Å². The standard InChI is InChI=1S/C16H16N2O3/c17-14(11-12-7-3-1-4-8-12)16(20)21-18-15(19)13-9-5-2-6-10-13/h1-10,14H,11,17H2,(H,18,19). The van der Waals surface area contributed by atoms with E-state index in [1.165, 1.54) is 0 Å². The molecule has 2 aromatic rings. The van der Waals surface area contributed by atoms with Crippen molar-refractivity contribution in [3.63, 3.8) is 0 Å². The Morgan fingerprint density at radius 2 is 1.57 bits per heavy atom. The van der Waals surface area contributed by atoms with E-state index in [2.05, 4.69) is 5.48 Å². The first-order valence-corrected chi connectivity index (χ1v) is 6.52. The van der Waals surface area contributed by atoms with Crippen LogP contribution in [-0.2, 0) is 16.1 Å². The first kappa shape index (κ1) is 14.7. The summed E-state index contributed by atoms with van der Waals surface area (Å²) in [6, 6.07) is 17.0. The van der Waals surface area contributed by atoms with Gasteiger partial charge < -0.3 is 10.6 Å². The number of hydrogen-bond acceptors (Lipinski definition) is 4. The number of benzene rings is 2. The third kappa shape index (κ3) is 4.43. The van der Waals surface area contributed by atoms with Gasteiger partial charge in [-0.1, -0.05) is 48.5 Å². The Balaban J connectivity index is 1.83. The number of carbonyl (C=O) groups is 2. The van der Waals surface area contributed by atoms with Crippen LogP contribution in [0.3, 0.4) is 0 Å². The Morgan fingerprint density at radius 3 is 2.19 bits per heavy atom. The Hall–Kier alpha value is -2.66. The average Bonchev–Trinajstić information content (AvgIpc) is 2.54. The van der Waals surface area contributed by atoms with E-state index in [4.69, 9.17) is 10.6 Å². The fourth-order valence-electron chi connectivity index (χ4n) is 1.77. The zero-order chi connectivity index (χ0) is 15.1.